The van der Waals surface area contributed by atoms with Crippen molar-refractivity contribution in [3.05, 3.63) is 45.2 Å². The van der Waals surface area contributed by atoms with Crippen molar-refractivity contribution in [2.75, 3.05) is 13.2 Å². The van der Waals surface area contributed by atoms with Crippen molar-refractivity contribution in [2.24, 2.45) is 4.99 Å². The fraction of sp³-hybridized carbons (Fsp3) is 0.545. The molecule has 0 radical (unpaired) electrons. The Balaban J connectivity index is 2.05. The number of alkyl halides is 3. The second-order valence-electron chi connectivity index (χ2n) is 8.47. The zero-order chi connectivity index (χ0) is 22.8. The zero-order valence-electron chi connectivity index (χ0n) is 18.1. The number of aromatic nitrogens is 1. The summed E-state index contributed by atoms with van der Waals surface area (Å²) in [4.78, 5) is 18.7. The summed E-state index contributed by atoms with van der Waals surface area (Å²) in [6.45, 7) is 9.34. The first-order chi connectivity index (χ1) is 14.5. The predicted octanol–water partition coefficient (Wildman–Crippen LogP) is 5.18. The molecule has 1 fully saturated rings. The lowest BCUT2D eigenvalue weighted by Crippen LogP contribution is -2.23. The van der Waals surface area contributed by atoms with Crippen LogP contribution < -0.4 is 9.54 Å². The fourth-order valence-corrected chi connectivity index (χ4v) is 4.31. The third-order valence-electron chi connectivity index (χ3n) is 4.92. The van der Waals surface area contributed by atoms with E-state index in [4.69, 9.17) is 9.47 Å². The number of hydrogen-bond donors (Lipinski definition) is 0. The average molecular weight is 457 g/mol. The third kappa shape index (κ3) is 5.77. The van der Waals surface area contributed by atoms with Gasteiger partial charge in [-0.15, -0.1) is 11.3 Å². The van der Waals surface area contributed by atoms with Crippen LogP contribution in [-0.2, 0) is 22.9 Å². The van der Waals surface area contributed by atoms with Gasteiger partial charge in [0.25, 0.3) is 5.91 Å². The van der Waals surface area contributed by atoms with Gasteiger partial charge in [0.15, 0.2) is 4.80 Å². The molecule has 0 saturated carbocycles. The van der Waals surface area contributed by atoms with Gasteiger partial charge in [-0.05, 0) is 43.4 Å². The van der Waals surface area contributed by atoms with Crippen molar-refractivity contribution >= 4 is 17.2 Å². The van der Waals surface area contributed by atoms with E-state index in [-0.39, 0.29) is 29.4 Å². The number of benzene rings is 1. The molecule has 1 aromatic heterocycles. The molecule has 1 amide bonds. The van der Waals surface area contributed by atoms with Gasteiger partial charge in [-0.25, -0.2) is 0 Å². The van der Waals surface area contributed by atoms with Crippen molar-refractivity contribution in [3.63, 3.8) is 0 Å². The largest absolute Gasteiger partial charge is 0.493 e. The van der Waals surface area contributed by atoms with Gasteiger partial charge in [0.05, 0.1) is 30.4 Å². The first kappa shape index (κ1) is 23.5. The summed E-state index contributed by atoms with van der Waals surface area (Å²) in [5.41, 5.74) is -1.28. The third-order valence-corrected chi connectivity index (χ3v) is 6.36. The minimum atomic E-state index is -4.57. The van der Waals surface area contributed by atoms with E-state index in [2.05, 4.69) is 25.8 Å². The Kier molecular flexibility index (Phi) is 6.95. The Labute approximate surface area is 183 Å². The molecule has 1 aliphatic heterocycles. The number of nitrogens with zero attached hydrogens (tertiary/aromatic N) is 2. The minimum absolute atomic E-state index is 0.0315. The van der Waals surface area contributed by atoms with E-state index in [0.717, 1.165) is 29.9 Å². The summed E-state index contributed by atoms with van der Waals surface area (Å²) in [6.07, 6.45) is -0.683. The lowest BCUT2D eigenvalue weighted by atomic mass is 9.95. The van der Waals surface area contributed by atoms with Gasteiger partial charge >= 0.3 is 6.18 Å². The molecule has 5 nitrogen and oxygen atoms in total. The van der Waals surface area contributed by atoms with Crippen molar-refractivity contribution < 1.29 is 27.4 Å². The number of hydrogen-bond acceptors (Lipinski definition) is 4. The van der Waals surface area contributed by atoms with E-state index in [1.54, 1.807) is 6.92 Å². The lowest BCUT2D eigenvalue weighted by molar-refractivity contribution is -0.137. The molecule has 3 rings (SSSR count). The Morgan fingerprint density at radius 1 is 1.32 bits per heavy atom. The van der Waals surface area contributed by atoms with Crippen LogP contribution in [0.25, 0.3) is 0 Å². The number of rotatable bonds is 5. The Morgan fingerprint density at radius 2 is 2.06 bits per heavy atom. The summed E-state index contributed by atoms with van der Waals surface area (Å²) in [5.74, 6) is -0.680. The van der Waals surface area contributed by atoms with Crippen molar-refractivity contribution in [2.45, 2.75) is 64.8 Å². The van der Waals surface area contributed by atoms with Crippen molar-refractivity contribution in [1.82, 2.24) is 4.57 Å². The quantitative estimate of drug-likeness (QED) is 0.623. The van der Waals surface area contributed by atoms with Gasteiger partial charge < -0.3 is 14.0 Å². The minimum Gasteiger partial charge on any atom is -0.493 e. The number of halogens is 3. The first-order valence-corrected chi connectivity index (χ1v) is 11.1. The maximum absolute atomic E-state index is 13.2. The monoisotopic (exact) mass is 456 g/mol. The zero-order valence-corrected chi connectivity index (χ0v) is 18.9. The van der Waals surface area contributed by atoms with E-state index < -0.39 is 17.6 Å². The van der Waals surface area contributed by atoms with Gasteiger partial charge in [-0.2, -0.15) is 18.2 Å². The maximum atomic E-state index is 13.2. The lowest BCUT2D eigenvalue weighted by Gasteiger charge is -2.15. The molecule has 31 heavy (non-hydrogen) atoms. The highest BCUT2D eigenvalue weighted by Gasteiger charge is 2.32. The second kappa shape index (κ2) is 9.16. The van der Waals surface area contributed by atoms with Gasteiger partial charge in [-0.3, -0.25) is 4.79 Å². The Morgan fingerprint density at radius 3 is 2.65 bits per heavy atom. The van der Waals surface area contributed by atoms with Crippen molar-refractivity contribution in [3.8, 4) is 5.75 Å². The Hall–Kier alpha value is -2.13. The molecule has 1 atom stereocenters. The van der Waals surface area contributed by atoms with Gasteiger partial charge in [0.2, 0.25) is 0 Å². The molecule has 0 spiro atoms. The number of carbonyl (C=O) groups is 1. The number of amides is 1. The molecular weight excluding hydrogens is 429 g/mol. The topological polar surface area (TPSA) is 52.8 Å². The summed E-state index contributed by atoms with van der Waals surface area (Å²) in [6, 6.07) is 2.88. The molecule has 9 heteroatoms. The van der Waals surface area contributed by atoms with Gasteiger partial charge in [0.1, 0.15) is 5.75 Å². The fourth-order valence-electron chi connectivity index (χ4n) is 3.25. The molecule has 0 N–H and O–H groups in total. The molecule has 2 aromatic rings. The molecule has 1 saturated heterocycles. The van der Waals surface area contributed by atoms with E-state index in [9.17, 15) is 18.0 Å². The second-order valence-corrected chi connectivity index (χ2v) is 9.48. The standard InChI is InChI=1S/C22H27F3N2O3S/c1-5-29-17-9-8-14(22(23,24)25)11-16(17)19(28)26-20-27(12-15-7-6-10-30-15)13-18(31-20)21(2,3)4/h8-9,11,13,15H,5-7,10,12H2,1-4H3/b26-20-. The van der Waals surface area contributed by atoms with Gasteiger partial charge in [0, 0.05) is 17.7 Å². The van der Waals surface area contributed by atoms with Crippen LogP contribution in [0.1, 0.15) is 61.3 Å². The van der Waals surface area contributed by atoms with Crippen LogP contribution in [0.3, 0.4) is 0 Å². The van der Waals surface area contributed by atoms with E-state index >= 15 is 0 Å². The number of ether oxygens (including phenoxy) is 2. The van der Waals surface area contributed by atoms with Crippen LogP contribution in [-0.4, -0.2) is 29.8 Å². The highest BCUT2D eigenvalue weighted by molar-refractivity contribution is 7.09. The molecule has 1 aliphatic rings. The van der Waals surface area contributed by atoms with Gasteiger partial charge in [-0.1, -0.05) is 20.8 Å². The molecule has 170 valence electrons. The van der Waals surface area contributed by atoms with Crippen molar-refractivity contribution in [1.29, 1.82) is 0 Å². The van der Waals surface area contributed by atoms with E-state index in [0.29, 0.717) is 18.0 Å². The van der Waals surface area contributed by atoms with Crippen LogP contribution in [0, 0.1) is 0 Å². The molecule has 0 bridgehead atoms. The Bertz CT molecular complexity index is 997. The van der Waals surface area contributed by atoms with Crippen LogP contribution >= 0.6 is 11.3 Å². The summed E-state index contributed by atoms with van der Waals surface area (Å²) < 4.78 is 52.6. The van der Waals surface area contributed by atoms with E-state index in [1.165, 1.54) is 17.4 Å². The SMILES string of the molecule is CCOc1ccc(C(F)(F)F)cc1C(=O)/N=c1\sc(C(C)(C)C)cn1CC1CCCO1. The van der Waals surface area contributed by atoms with Crippen LogP contribution in [0.15, 0.2) is 29.4 Å². The van der Waals surface area contributed by atoms with Crippen LogP contribution in [0.5, 0.6) is 5.75 Å². The summed E-state index contributed by atoms with van der Waals surface area (Å²) in [7, 11) is 0. The van der Waals surface area contributed by atoms with Crippen LogP contribution in [0.4, 0.5) is 13.2 Å². The predicted molar refractivity (Wildman–Crippen MR) is 112 cm³/mol. The maximum Gasteiger partial charge on any atom is 0.416 e. The smallest absolute Gasteiger partial charge is 0.416 e. The number of thiazole rings is 1. The highest BCUT2D eigenvalue weighted by Crippen LogP contribution is 2.33. The highest BCUT2D eigenvalue weighted by atomic mass is 32.1. The first-order valence-electron chi connectivity index (χ1n) is 10.2. The molecular formula is C22H27F3N2O3S. The normalized spacial score (nSPS) is 17.9. The average Bonchev–Trinajstić information content (AvgIpc) is 3.32. The molecule has 0 aliphatic carbocycles. The summed E-state index contributed by atoms with van der Waals surface area (Å²) >= 11 is 1.36. The van der Waals surface area contributed by atoms with E-state index in [1.807, 2.05) is 10.8 Å². The number of carbonyl (C=O) groups excluding carboxylic acids is 1. The van der Waals surface area contributed by atoms with Crippen LogP contribution in [0.2, 0.25) is 0 Å². The summed E-state index contributed by atoms with van der Waals surface area (Å²) in [5, 5.41) is 0. The molecule has 1 aromatic carbocycles. The molecule has 1 unspecified atom stereocenters. The molecule has 2 heterocycles.